The number of halogens is 5. The molecule has 0 spiro atoms. The number of aromatic nitrogens is 1. The molecule has 26 heavy (non-hydrogen) atoms. The van der Waals surface area contributed by atoms with Crippen LogP contribution in [-0.4, -0.2) is 15.6 Å². The molecule has 1 N–H and O–H groups in total. The predicted octanol–water partition coefficient (Wildman–Crippen LogP) is 4.31. The van der Waals surface area contributed by atoms with Gasteiger partial charge in [0.25, 0.3) is 5.56 Å². The molecule has 0 bridgehead atoms. The molecular formula is C16H8ClF4NO4. The number of pyridine rings is 1. The number of aromatic carboxylic acids is 1. The zero-order valence-electron chi connectivity index (χ0n) is 12.8. The zero-order valence-corrected chi connectivity index (χ0v) is 13.6. The topological polar surface area (TPSA) is 72.4 Å². The number of alkyl halides is 3. The lowest BCUT2D eigenvalue weighted by molar-refractivity contribution is -0.143. The molecule has 0 atom stereocenters. The van der Waals surface area contributed by atoms with E-state index in [0.29, 0.717) is 10.6 Å². The Hall–Kier alpha value is -2.81. The van der Waals surface area contributed by atoms with Gasteiger partial charge in [0.05, 0.1) is 10.6 Å². The first kappa shape index (κ1) is 18.0. The second-order valence-corrected chi connectivity index (χ2v) is 5.78. The Morgan fingerprint density at radius 2 is 1.92 bits per heavy atom. The molecule has 0 aliphatic heterocycles. The van der Waals surface area contributed by atoms with Crippen molar-refractivity contribution in [2.75, 3.05) is 0 Å². The Kier molecular flexibility index (Phi) is 4.06. The van der Waals surface area contributed by atoms with Gasteiger partial charge < -0.3 is 14.1 Å². The average Bonchev–Trinajstić information content (AvgIpc) is 2.96. The highest BCUT2D eigenvalue weighted by atomic mass is 35.5. The second-order valence-electron chi connectivity index (χ2n) is 5.37. The molecule has 0 radical (unpaired) electrons. The molecule has 1 aromatic carbocycles. The maximum absolute atomic E-state index is 14.5. The highest BCUT2D eigenvalue weighted by Crippen LogP contribution is 2.37. The van der Waals surface area contributed by atoms with Crippen LogP contribution in [0.5, 0.6) is 0 Å². The summed E-state index contributed by atoms with van der Waals surface area (Å²) in [5, 5.41) is 8.64. The van der Waals surface area contributed by atoms with Crippen molar-refractivity contribution in [3.05, 3.63) is 56.9 Å². The molecule has 0 saturated carbocycles. The number of benzene rings is 1. The minimum absolute atomic E-state index is 0.135. The van der Waals surface area contributed by atoms with Gasteiger partial charge in [-0.3, -0.25) is 4.79 Å². The molecule has 0 aliphatic carbocycles. The third-order valence-corrected chi connectivity index (χ3v) is 4.07. The van der Waals surface area contributed by atoms with E-state index in [-0.39, 0.29) is 16.0 Å². The maximum Gasteiger partial charge on any atom is 0.431 e. The highest BCUT2D eigenvalue weighted by Gasteiger charge is 2.34. The zero-order chi connectivity index (χ0) is 19.4. The van der Waals surface area contributed by atoms with Gasteiger partial charge in [-0.15, -0.1) is 0 Å². The van der Waals surface area contributed by atoms with E-state index < -0.39 is 46.1 Å². The van der Waals surface area contributed by atoms with Crippen LogP contribution in [0.1, 0.15) is 16.2 Å². The molecule has 0 fully saturated rings. The first-order chi connectivity index (χ1) is 12.0. The van der Waals surface area contributed by atoms with Crippen molar-refractivity contribution in [2.45, 2.75) is 6.18 Å². The van der Waals surface area contributed by atoms with Gasteiger partial charge in [-0.1, -0.05) is 11.6 Å². The van der Waals surface area contributed by atoms with Crippen molar-refractivity contribution in [1.82, 2.24) is 4.57 Å². The number of nitrogens with zero attached hydrogens (tertiary/aromatic N) is 1. The maximum atomic E-state index is 14.5. The fourth-order valence-electron chi connectivity index (χ4n) is 2.62. The average molecular weight is 390 g/mol. The van der Waals surface area contributed by atoms with Crippen LogP contribution in [0.25, 0.3) is 22.1 Å². The minimum Gasteiger partial charge on any atom is -0.475 e. The number of furan rings is 1. The Bertz CT molecular complexity index is 1110. The lowest BCUT2D eigenvalue weighted by Gasteiger charge is -2.13. The van der Waals surface area contributed by atoms with Crippen LogP contribution < -0.4 is 5.56 Å². The Morgan fingerprint density at radius 3 is 2.50 bits per heavy atom. The number of carbonyl (C=O) groups is 1. The molecule has 3 rings (SSSR count). The summed E-state index contributed by atoms with van der Waals surface area (Å²) >= 11 is 5.84. The quantitative estimate of drug-likeness (QED) is 0.663. The van der Waals surface area contributed by atoms with Crippen molar-refractivity contribution in [2.24, 2.45) is 7.05 Å². The van der Waals surface area contributed by atoms with Crippen LogP contribution in [0.2, 0.25) is 5.02 Å². The van der Waals surface area contributed by atoms with Gasteiger partial charge in [-0.25, -0.2) is 9.18 Å². The van der Waals surface area contributed by atoms with Gasteiger partial charge in [-0.2, -0.15) is 13.2 Å². The van der Waals surface area contributed by atoms with Crippen LogP contribution in [0, 0.1) is 5.82 Å². The van der Waals surface area contributed by atoms with E-state index in [1.54, 1.807) is 0 Å². The number of fused-ring (bicyclic) bond motifs is 1. The number of carboxylic acid groups (broad SMARTS) is 1. The first-order valence-corrected chi connectivity index (χ1v) is 7.32. The largest absolute Gasteiger partial charge is 0.475 e. The predicted molar refractivity (Wildman–Crippen MR) is 83.8 cm³/mol. The molecule has 136 valence electrons. The number of hydrogen-bond acceptors (Lipinski definition) is 3. The summed E-state index contributed by atoms with van der Waals surface area (Å²) < 4.78 is 58.6. The Labute approximate surface area is 147 Å². The monoisotopic (exact) mass is 389 g/mol. The van der Waals surface area contributed by atoms with E-state index in [9.17, 15) is 27.2 Å². The summed E-state index contributed by atoms with van der Waals surface area (Å²) in [5.74, 6) is -3.02. The van der Waals surface area contributed by atoms with Crippen molar-refractivity contribution >= 4 is 28.5 Å². The molecule has 0 saturated heterocycles. The smallest absolute Gasteiger partial charge is 0.431 e. The minimum atomic E-state index is -4.77. The van der Waals surface area contributed by atoms with Crippen LogP contribution >= 0.6 is 11.6 Å². The normalized spacial score (nSPS) is 11.9. The van der Waals surface area contributed by atoms with Gasteiger partial charge in [0.15, 0.2) is 5.58 Å². The van der Waals surface area contributed by atoms with Gasteiger partial charge in [0.2, 0.25) is 5.76 Å². The van der Waals surface area contributed by atoms with E-state index in [0.717, 1.165) is 25.2 Å². The van der Waals surface area contributed by atoms with Crippen molar-refractivity contribution in [3.8, 4) is 11.1 Å². The molecular weight excluding hydrogens is 382 g/mol. The van der Waals surface area contributed by atoms with E-state index >= 15 is 0 Å². The Morgan fingerprint density at radius 1 is 1.27 bits per heavy atom. The van der Waals surface area contributed by atoms with Crippen LogP contribution in [0.4, 0.5) is 17.6 Å². The van der Waals surface area contributed by atoms with Crippen molar-refractivity contribution in [1.29, 1.82) is 0 Å². The standard InChI is InChI=1S/C16H8ClF4NO4/c1-22-11(16(19,20)21)3-2-6(14(22)23)12-7-4-10(15(24)25)26-13(7)8(17)5-9(12)18/h2-5H,1H3,(H,24,25). The fourth-order valence-corrected chi connectivity index (χ4v) is 2.86. The second kappa shape index (κ2) is 5.87. The Balaban J connectivity index is 2.38. The summed E-state index contributed by atoms with van der Waals surface area (Å²) in [7, 11) is 0.901. The van der Waals surface area contributed by atoms with E-state index in [4.69, 9.17) is 21.1 Å². The number of carboxylic acids is 1. The summed E-state index contributed by atoms with van der Waals surface area (Å²) in [6.45, 7) is 0. The first-order valence-electron chi connectivity index (χ1n) is 6.94. The van der Waals surface area contributed by atoms with E-state index in [1.165, 1.54) is 0 Å². The van der Waals surface area contributed by atoms with Gasteiger partial charge in [0, 0.05) is 24.1 Å². The summed E-state index contributed by atoms with van der Waals surface area (Å²) in [5.41, 5.74) is -3.30. The van der Waals surface area contributed by atoms with Crippen LogP contribution in [-0.2, 0) is 13.2 Å². The number of hydrogen-bond donors (Lipinski definition) is 1. The van der Waals surface area contributed by atoms with Crippen molar-refractivity contribution in [3.63, 3.8) is 0 Å². The van der Waals surface area contributed by atoms with Gasteiger partial charge in [-0.05, 0) is 18.2 Å². The van der Waals surface area contributed by atoms with Crippen LogP contribution in [0.3, 0.4) is 0 Å². The summed E-state index contributed by atoms with van der Waals surface area (Å²) in [6.07, 6.45) is -4.77. The molecule has 5 nitrogen and oxygen atoms in total. The summed E-state index contributed by atoms with van der Waals surface area (Å²) in [6, 6.07) is 3.21. The molecule has 2 aromatic heterocycles. The molecule has 3 aromatic rings. The highest BCUT2D eigenvalue weighted by molar-refractivity contribution is 6.35. The lowest BCUT2D eigenvalue weighted by atomic mass is 10.0. The SMILES string of the molecule is Cn1c(C(F)(F)F)ccc(-c2c(F)cc(Cl)c3oc(C(=O)O)cc23)c1=O. The van der Waals surface area contributed by atoms with Crippen LogP contribution in [0.15, 0.2) is 33.5 Å². The molecule has 0 unspecified atom stereocenters. The third-order valence-electron chi connectivity index (χ3n) is 3.79. The lowest BCUT2D eigenvalue weighted by Crippen LogP contribution is -2.26. The van der Waals surface area contributed by atoms with E-state index in [1.807, 2.05) is 0 Å². The fraction of sp³-hybridized carbons (Fsp3) is 0.125. The third kappa shape index (κ3) is 2.74. The van der Waals surface area contributed by atoms with Gasteiger partial charge >= 0.3 is 12.1 Å². The summed E-state index contributed by atoms with van der Waals surface area (Å²) in [4.78, 5) is 23.4. The van der Waals surface area contributed by atoms with Gasteiger partial charge in [0.1, 0.15) is 11.5 Å². The van der Waals surface area contributed by atoms with Crippen molar-refractivity contribution < 1.29 is 31.9 Å². The van der Waals surface area contributed by atoms with E-state index in [2.05, 4.69) is 0 Å². The molecule has 2 heterocycles. The molecule has 10 heteroatoms. The molecule has 0 amide bonds. The molecule has 0 aliphatic rings. The number of rotatable bonds is 2.